The zero-order valence-electron chi connectivity index (χ0n) is 19.0. The zero-order valence-corrected chi connectivity index (χ0v) is 19.8. The van der Waals surface area contributed by atoms with Crippen molar-refractivity contribution in [3.8, 4) is 5.75 Å². The number of likely N-dealkylation sites (N-methyl/N-ethyl adjacent to an activating group) is 1. The number of ether oxygens (including phenoxy) is 1. The number of piperazine rings is 2. The second kappa shape index (κ2) is 10.0. The van der Waals surface area contributed by atoms with E-state index in [0.717, 1.165) is 30.9 Å². The van der Waals surface area contributed by atoms with E-state index in [2.05, 4.69) is 16.7 Å². The number of rotatable bonds is 6. The van der Waals surface area contributed by atoms with Gasteiger partial charge in [0.25, 0.3) is 0 Å². The van der Waals surface area contributed by atoms with Gasteiger partial charge in [0.05, 0.1) is 17.7 Å². The second-order valence-electron chi connectivity index (χ2n) is 8.21. The molecule has 0 N–H and O–H groups in total. The van der Waals surface area contributed by atoms with Gasteiger partial charge in [-0.1, -0.05) is 12.5 Å². The van der Waals surface area contributed by atoms with Crippen LogP contribution in [0.4, 0.5) is 5.69 Å². The molecule has 2 aliphatic heterocycles. The van der Waals surface area contributed by atoms with Crippen LogP contribution in [-0.2, 0) is 14.8 Å². The first kappa shape index (κ1) is 23.6. The minimum absolute atomic E-state index is 0.0224. The highest BCUT2D eigenvalue weighted by molar-refractivity contribution is 7.89. The van der Waals surface area contributed by atoms with E-state index in [9.17, 15) is 13.2 Å². The van der Waals surface area contributed by atoms with Gasteiger partial charge in [-0.2, -0.15) is 4.31 Å². The molecule has 3 rings (SSSR count). The van der Waals surface area contributed by atoms with Crippen LogP contribution in [0.25, 0.3) is 0 Å². The van der Waals surface area contributed by atoms with E-state index in [1.807, 2.05) is 18.7 Å². The molecule has 0 spiro atoms. The molecule has 1 aromatic carbocycles. The standard InChI is InChI=1S/C22H34N4O4S/c1-5-23-8-14-26(15-9-23)31(28,29)19-6-7-21(30-4)20(17-19)24-10-12-25(13-11-24)22(27)16-18(2)3/h6-7,16-17H,5,8-15H2,1-4H3. The molecule has 2 fully saturated rings. The molecule has 2 heterocycles. The molecule has 31 heavy (non-hydrogen) atoms. The number of benzene rings is 1. The van der Waals surface area contributed by atoms with Crippen LogP contribution in [0.5, 0.6) is 5.75 Å². The third kappa shape index (κ3) is 5.39. The normalized spacial score (nSPS) is 18.7. The van der Waals surface area contributed by atoms with Crippen LogP contribution in [0.3, 0.4) is 0 Å². The van der Waals surface area contributed by atoms with Crippen molar-refractivity contribution in [1.29, 1.82) is 0 Å². The van der Waals surface area contributed by atoms with Gasteiger partial charge in [0, 0.05) is 58.4 Å². The Morgan fingerprint density at radius 3 is 2.23 bits per heavy atom. The molecule has 1 aromatic rings. The van der Waals surface area contributed by atoms with Crippen LogP contribution in [0.1, 0.15) is 20.8 Å². The Morgan fingerprint density at radius 1 is 1.03 bits per heavy atom. The van der Waals surface area contributed by atoms with Crippen molar-refractivity contribution in [3.63, 3.8) is 0 Å². The summed E-state index contributed by atoms with van der Waals surface area (Å²) in [6, 6.07) is 5.07. The summed E-state index contributed by atoms with van der Waals surface area (Å²) in [5.74, 6) is 0.660. The predicted molar refractivity (Wildman–Crippen MR) is 122 cm³/mol. The number of hydrogen-bond donors (Lipinski definition) is 0. The van der Waals surface area contributed by atoms with Crippen LogP contribution in [-0.4, -0.2) is 94.4 Å². The van der Waals surface area contributed by atoms with E-state index < -0.39 is 10.0 Å². The van der Waals surface area contributed by atoms with Gasteiger partial charge < -0.3 is 19.4 Å². The summed E-state index contributed by atoms with van der Waals surface area (Å²) in [4.78, 5) is 18.8. The Labute approximate surface area is 186 Å². The molecule has 0 atom stereocenters. The summed E-state index contributed by atoms with van der Waals surface area (Å²) in [5, 5.41) is 0. The Balaban J connectivity index is 1.77. The Morgan fingerprint density at radius 2 is 1.68 bits per heavy atom. The van der Waals surface area contributed by atoms with Crippen molar-refractivity contribution in [3.05, 3.63) is 29.8 Å². The van der Waals surface area contributed by atoms with Crippen molar-refractivity contribution < 1.29 is 17.9 Å². The van der Waals surface area contributed by atoms with Gasteiger partial charge >= 0.3 is 0 Å². The third-order valence-electron chi connectivity index (χ3n) is 5.91. The van der Waals surface area contributed by atoms with E-state index in [0.29, 0.717) is 45.0 Å². The maximum atomic E-state index is 13.2. The maximum absolute atomic E-state index is 13.2. The van der Waals surface area contributed by atoms with Crippen LogP contribution >= 0.6 is 0 Å². The molecule has 8 nitrogen and oxygen atoms in total. The lowest BCUT2D eigenvalue weighted by atomic mass is 10.2. The van der Waals surface area contributed by atoms with E-state index in [1.54, 1.807) is 35.7 Å². The maximum Gasteiger partial charge on any atom is 0.246 e. The lowest BCUT2D eigenvalue weighted by Gasteiger charge is -2.37. The number of allylic oxidation sites excluding steroid dienone is 1. The van der Waals surface area contributed by atoms with Crippen molar-refractivity contribution in [1.82, 2.24) is 14.1 Å². The first-order valence-electron chi connectivity index (χ1n) is 10.9. The Bertz CT molecular complexity index is 911. The molecular weight excluding hydrogens is 416 g/mol. The quantitative estimate of drug-likeness (QED) is 0.614. The predicted octanol–water partition coefficient (Wildman–Crippen LogP) is 1.64. The number of anilines is 1. The molecule has 0 aromatic heterocycles. The van der Waals surface area contributed by atoms with Crippen LogP contribution < -0.4 is 9.64 Å². The highest BCUT2D eigenvalue weighted by Crippen LogP contribution is 2.33. The fourth-order valence-corrected chi connectivity index (χ4v) is 5.46. The zero-order chi connectivity index (χ0) is 22.6. The summed E-state index contributed by atoms with van der Waals surface area (Å²) in [6.45, 7) is 11.8. The molecule has 9 heteroatoms. The average molecular weight is 451 g/mol. The number of hydrogen-bond acceptors (Lipinski definition) is 6. The van der Waals surface area contributed by atoms with E-state index in [-0.39, 0.29) is 10.8 Å². The van der Waals surface area contributed by atoms with Crippen LogP contribution in [0.15, 0.2) is 34.7 Å². The summed E-state index contributed by atoms with van der Waals surface area (Å²) >= 11 is 0. The van der Waals surface area contributed by atoms with Crippen molar-refractivity contribution >= 4 is 21.6 Å². The molecule has 0 saturated carbocycles. The number of methoxy groups -OCH3 is 1. The molecule has 0 bridgehead atoms. The number of carbonyl (C=O) groups excluding carboxylic acids is 1. The number of nitrogens with zero attached hydrogens (tertiary/aromatic N) is 4. The first-order valence-corrected chi connectivity index (χ1v) is 12.3. The van der Waals surface area contributed by atoms with Gasteiger partial charge in [-0.05, 0) is 38.6 Å². The second-order valence-corrected chi connectivity index (χ2v) is 10.1. The molecule has 2 saturated heterocycles. The van der Waals surface area contributed by atoms with E-state index in [1.165, 1.54) is 0 Å². The van der Waals surface area contributed by atoms with Gasteiger partial charge in [0.2, 0.25) is 15.9 Å². The fourth-order valence-electron chi connectivity index (χ4n) is 4.02. The lowest BCUT2D eigenvalue weighted by Crippen LogP contribution is -2.49. The van der Waals surface area contributed by atoms with Gasteiger partial charge in [0.15, 0.2) is 0 Å². The van der Waals surface area contributed by atoms with Crippen LogP contribution in [0.2, 0.25) is 0 Å². The first-order chi connectivity index (χ1) is 14.8. The van der Waals surface area contributed by atoms with Crippen molar-refractivity contribution in [2.75, 3.05) is 70.9 Å². The number of amides is 1. The highest BCUT2D eigenvalue weighted by atomic mass is 32.2. The summed E-state index contributed by atoms with van der Waals surface area (Å²) in [6.07, 6.45) is 1.65. The highest BCUT2D eigenvalue weighted by Gasteiger charge is 2.30. The Hall–Kier alpha value is -2.10. The lowest BCUT2D eigenvalue weighted by molar-refractivity contribution is -0.126. The minimum atomic E-state index is -3.57. The largest absolute Gasteiger partial charge is 0.495 e. The smallest absolute Gasteiger partial charge is 0.246 e. The molecular formula is C22H34N4O4S. The monoisotopic (exact) mass is 450 g/mol. The Kier molecular flexibility index (Phi) is 7.61. The van der Waals surface area contributed by atoms with Gasteiger partial charge in [-0.25, -0.2) is 8.42 Å². The number of sulfonamides is 1. The third-order valence-corrected chi connectivity index (χ3v) is 7.81. The van der Waals surface area contributed by atoms with Gasteiger partial charge in [0.1, 0.15) is 5.75 Å². The van der Waals surface area contributed by atoms with Crippen molar-refractivity contribution in [2.45, 2.75) is 25.7 Å². The molecule has 0 radical (unpaired) electrons. The molecule has 0 aliphatic carbocycles. The summed E-state index contributed by atoms with van der Waals surface area (Å²) in [7, 11) is -1.98. The summed E-state index contributed by atoms with van der Waals surface area (Å²) in [5.41, 5.74) is 1.73. The van der Waals surface area contributed by atoms with Gasteiger partial charge in [-0.3, -0.25) is 4.79 Å². The van der Waals surface area contributed by atoms with Gasteiger partial charge in [-0.15, -0.1) is 0 Å². The van der Waals surface area contributed by atoms with E-state index >= 15 is 0 Å². The van der Waals surface area contributed by atoms with E-state index in [4.69, 9.17) is 4.74 Å². The van der Waals surface area contributed by atoms with Crippen LogP contribution in [0, 0.1) is 0 Å². The molecule has 2 aliphatic rings. The van der Waals surface area contributed by atoms with Crippen molar-refractivity contribution in [2.24, 2.45) is 0 Å². The topological polar surface area (TPSA) is 73.4 Å². The fraction of sp³-hybridized carbons (Fsp3) is 0.591. The molecule has 1 amide bonds. The number of carbonyl (C=O) groups is 1. The summed E-state index contributed by atoms with van der Waals surface area (Å²) < 4.78 is 33.6. The minimum Gasteiger partial charge on any atom is -0.495 e. The molecule has 172 valence electrons. The SMILES string of the molecule is CCN1CCN(S(=O)(=O)c2ccc(OC)c(N3CCN(C(=O)C=C(C)C)CC3)c2)CC1. The molecule has 0 unspecified atom stereocenters. The average Bonchev–Trinajstić information content (AvgIpc) is 2.78.